The Balaban J connectivity index is 2.64. The molecule has 3 N–H and O–H groups in total. The number of nitro groups is 1. The summed E-state index contributed by atoms with van der Waals surface area (Å²) in [7, 11) is -4.30. The average Bonchev–Trinajstić information content (AvgIpc) is 2.48. The van der Waals surface area contributed by atoms with Crippen LogP contribution in [0.2, 0.25) is 0 Å². The molecule has 24 heavy (non-hydrogen) atoms. The van der Waals surface area contributed by atoms with E-state index < -0.39 is 31.4 Å². The zero-order valence-electron chi connectivity index (χ0n) is 12.9. The van der Waals surface area contributed by atoms with Gasteiger partial charge in [-0.3, -0.25) is 19.6 Å². The second-order valence-electron chi connectivity index (χ2n) is 5.15. The Morgan fingerprint density at radius 3 is 2.29 bits per heavy atom. The van der Waals surface area contributed by atoms with Crippen LogP contribution in [-0.2, 0) is 10.0 Å². The Bertz CT molecular complexity index is 938. The first-order chi connectivity index (χ1) is 11.1. The number of carbonyl (C=O) groups is 1. The highest BCUT2D eigenvalue weighted by Gasteiger charge is 2.29. The smallest absolute Gasteiger partial charge is 0.290 e. The third kappa shape index (κ3) is 3.20. The summed E-state index contributed by atoms with van der Waals surface area (Å²) >= 11 is 0. The molecule has 0 saturated heterocycles. The number of para-hydroxylation sites is 1. The third-order valence-corrected chi connectivity index (χ3v) is 4.97. The average molecular weight is 349 g/mol. The number of nitrogens with two attached hydrogens (primary N) is 1. The number of hydrogen-bond donors (Lipinski definition) is 2. The SMILES string of the molecule is Cc1cccc(C(N)=O)c1NS(=O)(=O)c1c(C)cccc1[N+](=O)[O-]. The summed E-state index contributed by atoms with van der Waals surface area (Å²) in [4.78, 5) is 21.5. The molecule has 0 unspecified atom stereocenters. The second-order valence-corrected chi connectivity index (χ2v) is 6.77. The molecule has 9 heteroatoms. The number of amides is 1. The van der Waals surface area contributed by atoms with Gasteiger partial charge in [0.25, 0.3) is 21.6 Å². The van der Waals surface area contributed by atoms with Gasteiger partial charge in [0.1, 0.15) is 0 Å². The minimum atomic E-state index is -4.30. The molecule has 1 amide bonds. The van der Waals surface area contributed by atoms with Crippen LogP contribution >= 0.6 is 0 Å². The van der Waals surface area contributed by atoms with E-state index in [2.05, 4.69) is 4.72 Å². The molecule has 2 aromatic rings. The number of nitro benzene ring substituents is 1. The van der Waals surface area contributed by atoms with Gasteiger partial charge in [-0.25, -0.2) is 8.42 Å². The van der Waals surface area contributed by atoms with E-state index in [1.807, 2.05) is 0 Å². The molecule has 0 heterocycles. The summed E-state index contributed by atoms with van der Waals surface area (Å²) in [5.41, 5.74) is 5.38. The lowest BCUT2D eigenvalue weighted by atomic mass is 10.1. The summed E-state index contributed by atoms with van der Waals surface area (Å²) < 4.78 is 27.7. The fourth-order valence-electron chi connectivity index (χ4n) is 2.32. The van der Waals surface area contributed by atoms with Crippen molar-refractivity contribution in [2.75, 3.05) is 4.72 Å². The second kappa shape index (κ2) is 6.28. The Labute approximate surface area is 138 Å². The molecule has 8 nitrogen and oxygen atoms in total. The minimum absolute atomic E-state index is 0.00236. The topological polar surface area (TPSA) is 132 Å². The molecule has 0 atom stereocenters. The highest BCUT2D eigenvalue weighted by Crippen LogP contribution is 2.30. The maximum absolute atomic E-state index is 12.7. The van der Waals surface area contributed by atoms with Crippen molar-refractivity contribution in [3.05, 3.63) is 63.2 Å². The van der Waals surface area contributed by atoms with Gasteiger partial charge in [-0.2, -0.15) is 0 Å². The number of nitrogens with one attached hydrogen (secondary N) is 1. The van der Waals surface area contributed by atoms with Crippen LogP contribution in [0, 0.1) is 24.0 Å². The van der Waals surface area contributed by atoms with Crippen LogP contribution in [-0.4, -0.2) is 19.2 Å². The number of hydrogen-bond acceptors (Lipinski definition) is 5. The van der Waals surface area contributed by atoms with Crippen molar-refractivity contribution < 1.29 is 18.1 Å². The van der Waals surface area contributed by atoms with Crippen LogP contribution in [0.15, 0.2) is 41.3 Å². The highest BCUT2D eigenvalue weighted by atomic mass is 32.2. The molecule has 0 radical (unpaired) electrons. The maximum atomic E-state index is 12.7. The Morgan fingerprint density at radius 1 is 1.12 bits per heavy atom. The summed E-state index contributed by atoms with van der Waals surface area (Å²) in [6, 6.07) is 8.48. The molecule has 0 aliphatic heterocycles. The third-order valence-electron chi connectivity index (χ3n) is 3.43. The van der Waals surface area contributed by atoms with E-state index in [4.69, 9.17) is 5.73 Å². The van der Waals surface area contributed by atoms with Crippen molar-refractivity contribution in [1.82, 2.24) is 0 Å². The molecular weight excluding hydrogens is 334 g/mol. The molecule has 0 aliphatic rings. The molecule has 0 bridgehead atoms. The van der Waals surface area contributed by atoms with Gasteiger partial charge in [0, 0.05) is 6.07 Å². The van der Waals surface area contributed by atoms with Crippen LogP contribution in [0.25, 0.3) is 0 Å². The molecule has 0 saturated carbocycles. The summed E-state index contributed by atoms with van der Waals surface area (Å²) in [5.74, 6) is -0.810. The van der Waals surface area contributed by atoms with Crippen molar-refractivity contribution >= 4 is 27.3 Å². The Morgan fingerprint density at radius 2 is 1.71 bits per heavy atom. The van der Waals surface area contributed by atoms with Crippen molar-refractivity contribution in [2.45, 2.75) is 18.7 Å². The lowest BCUT2D eigenvalue weighted by Crippen LogP contribution is -2.21. The quantitative estimate of drug-likeness (QED) is 0.630. The van der Waals surface area contributed by atoms with Crippen molar-refractivity contribution in [3.8, 4) is 0 Å². The van der Waals surface area contributed by atoms with E-state index in [0.717, 1.165) is 6.07 Å². The lowest BCUT2D eigenvalue weighted by molar-refractivity contribution is -0.387. The van der Waals surface area contributed by atoms with Gasteiger partial charge in [-0.05, 0) is 31.0 Å². The Kier molecular flexibility index (Phi) is 4.56. The fraction of sp³-hybridized carbons (Fsp3) is 0.133. The van der Waals surface area contributed by atoms with Crippen LogP contribution in [0.3, 0.4) is 0 Å². The van der Waals surface area contributed by atoms with Crippen LogP contribution in [0.4, 0.5) is 11.4 Å². The first kappa shape index (κ1) is 17.4. The molecule has 0 fully saturated rings. The predicted octanol–water partition coefficient (Wildman–Crippen LogP) is 2.11. The fourth-order valence-corrected chi connectivity index (χ4v) is 3.88. The van der Waals surface area contributed by atoms with Crippen molar-refractivity contribution in [2.24, 2.45) is 5.73 Å². The Hall–Kier alpha value is -2.94. The number of anilines is 1. The van der Waals surface area contributed by atoms with E-state index in [9.17, 15) is 23.3 Å². The van der Waals surface area contributed by atoms with E-state index in [1.165, 1.54) is 25.1 Å². The molecule has 126 valence electrons. The molecule has 0 aromatic heterocycles. The van der Waals surface area contributed by atoms with E-state index in [1.54, 1.807) is 19.1 Å². The molecule has 2 aromatic carbocycles. The summed E-state index contributed by atoms with van der Waals surface area (Å²) in [6.07, 6.45) is 0. The van der Waals surface area contributed by atoms with E-state index >= 15 is 0 Å². The number of benzene rings is 2. The van der Waals surface area contributed by atoms with E-state index in [0.29, 0.717) is 5.56 Å². The number of nitrogens with zero attached hydrogens (tertiary/aromatic N) is 1. The van der Waals surface area contributed by atoms with Gasteiger partial charge in [0.05, 0.1) is 16.2 Å². The largest absolute Gasteiger partial charge is 0.366 e. The minimum Gasteiger partial charge on any atom is -0.366 e. The monoisotopic (exact) mass is 349 g/mol. The van der Waals surface area contributed by atoms with Crippen molar-refractivity contribution in [3.63, 3.8) is 0 Å². The number of rotatable bonds is 5. The molecular formula is C15H15N3O5S. The predicted molar refractivity (Wildman–Crippen MR) is 88.3 cm³/mol. The van der Waals surface area contributed by atoms with Gasteiger partial charge < -0.3 is 5.73 Å². The van der Waals surface area contributed by atoms with E-state index in [-0.39, 0.29) is 16.8 Å². The zero-order chi connectivity index (χ0) is 18.1. The molecule has 2 rings (SSSR count). The van der Waals surface area contributed by atoms with Gasteiger partial charge >= 0.3 is 0 Å². The van der Waals surface area contributed by atoms with Crippen molar-refractivity contribution in [1.29, 1.82) is 0 Å². The normalized spacial score (nSPS) is 11.1. The highest BCUT2D eigenvalue weighted by molar-refractivity contribution is 7.93. The summed E-state index contributed by atoms with van der Waals surface area (Å²) in [5, 5.41) is 11.2. The number of aryl methyl sites for hydroxylation is 2. The van der Waals surface area contributed by atoms with Crippen LogP contribution < -0.4 is 10.5 Å². The first-order valence-electron chi connectivity index (χ1n) is 6.81. The van der Waals surface area contributed by atoms with Gasteiger partial charge in [0.2, 0.25) is 0 Å². The lowest BCUT2D eigenvalue weighted by Gasteiger charge is -2.14. The molecule has 0 spiro atoms. The number of primary amides is 1. The van der Waals surface area contributed by atoms with Crippen LogP contribution in [0.5, 0.6) is 0 Å². The number of sulfonamides is 1. The van der Waals surface area contributed by atoms with Crippen LogP contribution in [0.1, 0.15) is 21.5 Å². The van der Waals surface area contributed by atoms with Gasteiger partial charge in [-0.1, -0.05) is 24.3 Å². The zero-order valence-corrected chi connectivity index (χ0v) is 13.8. The van der Waals surface area contributed by atoms with Gasteiger partial charge in [-0.15, -0.1) is 0 Å². The molecule has 0 aliphatic carbocycles. The standard InChI is InChI=1S/C15H15N3O5S/c1-9-5-3-7-11(15(16)19)13(9)17-24(22,23)14-10(2)6-4-8-12(14)18(20)21/h3-8,17H,1-2H3,(H2,16,19). The number of carbonyl (C=O) groups excluding carboxylic acids is 1. The maximum Gasteiger partial charge on any atom is 0.290 e. The van der Waals surface area contributed by atoms with Gasteiger partial charge in [0.15, 0.2) is 4.90 Å². The summed E-state index contributed by atoms with van der Waals surface area (Å²) in [6.45, 7) is 3.05. The first-order valence-corrected chi connectivity index (χ1v) is 8.29.